The van der Waals surface area contributed by atoms with E-state index in [1.54, 1.807) is 11.1 Å². The van der Waals surface area contributed by atoms with Crippen LogP contribution < -0.4 is 19.3 Å². The zero-order valence-electron chi connectivity index (χ0n) is 29.7. The highest BCUT2D eigenvalue weighted by Crippen LogP contribution is 2.70. The molecule has 1 spiro atoms. The fourth-order valence-corrected chi connectivity index (χ4v) is 11.9. The van der Waals surface area contributed by atoms with Gasteiger partial charge in [-0.05, 0) is 108 Å². The van der Waals surface area contributed by atoms with Gasteiger partial charge in [-0.15, -0.1) is 0 Å². The van der Waals surface area contributed by atoms with Gasteiger partial charge in [0, 0.05) is 23.8 Å². The van der Waals surface area contributed by atoms with Crippen LogP contribution in [0.1, 0.15) is 66.2 Å². The van der Waals surface area contributed by atoms with Crippen LogP contribution in [0.15, 0.2) is 163 Å². The van der Waals surface area contributed by atoms with Gasteiger partial charge < -0.3 is 19.3 Å². The minimum atomic E-state index is -0.143. The molecule has 12 rings (SSSR count). The van der Waals surface area contributed by atoms with Crippen LogP contribution in [0.25, 0.3) is 0 Å². The van der Waals surface area contributed by atoms with Crippen molar-refractivity contribution in [1.82, 2.24) is 0 Å². The average molecular weight is 691 g/mol. The van der Waals surface area contributed by atoms with Crippen molar-refractivity contribution in [2.45, 2.75) is 67.5 Å². The molecule has 0 fully saturated rings. The van der Waals surface area contributed by atoms with Crippen molar-refractivity contribution in [2.24, 2.45) is 11.8 Å². The SMILES string of the molecule is C1=CC2Oc3ccccc3N(C3C=CC4c5ccccc5C5(c6cccc(N7C8=C(CCC=C8)Oc8ccccc87)c6C6CCC=CC65)C4C3)C2C=C1. The Kier molecular flexibility index (Phi) is 6.38. The second kappa shape index (κ2) is 11.3. The van der Waals surface area contributed by atoms with Crippen LogP contribution in [-0.4, -0.2) is 18.2 Å². The van der Waals surface area contributed by atoms with Gasteiger partial charge in [0.25, 0.3) is 0 Å². The van der Waals surface area contributed by atoms with Gasteiger partial charge in [0.1, 0.15) is 17.6 Å². The molecule has 0 bridgehead atoms. The molecule has 260 valence electrons. The molecular weight excluding hydrogens is 649 g/mol. The summed E-state index contributed by atoms with van der Waals surface area (Å²) in [6, 6.07) is 34.5. The number of para-hydroxylation sites is 4. The first-order chi connectivity index (χ1) is 26.3. The van der Waals surface area contributed by atoms with E-state index in [0.29, 0.717) is 23.7 Å². The van der Waals surface area contributed by atoms with Crippen LogP contribution in [0.4, 0.5) is 17.1 Å². The third kappa shape index (κ3) is 4.02. The molecule has 0 aromatic heterocycles. The highest BCUT2D eigenvalue weighted by atomic mass is 16.5. The van der Waals surface area contributed by atoms with Crippen molar-refractivity contribution in [3.8, 4) is 11.5 Å². The predicted octanol–water partition coefficient (Wildman–Crippen LogP) is 10.9. The van der Waals surface area contributed by atoms with E-state index in [1.165, 1.54) is 28.2 Å². The minimum Gasteiger partial charge on any atom is -0.482 e. The standard InChI is InChI=1S/C49H42N2O2/c1-3-16-35-32(14-1)33-29-28-31(50-39-19-5-9-24-44(39)52-45-25-10-6-20-40(45)50)30-38(33)49(35)36-17-4-2-15-34(36)48-37(49)18-13-23-43(48)51-41-21-7-11-26-46(41)53-47-27-12-8-22-42(47)51/h1,3-11,13-14,16-26,28-29,31,33-34,36,38-39,44H,2,12,15,27,30H2. The third-order valence-electron chi connectivity index (χ3n) is 13.7. The van der Waals surface area contributed by atoms with Crippen molar-refractivity contribution >= 4 is 17.1 Å². The van der Waals surface area contributed by atoms with Crippen molar-refractivity contribution in [3.63, 3.8) is 0 Å². The molecule has 6 aliphatic carbocycles. The fourth-order valence-electron chi connectivity index (χ4n) is 11.9. The second-order valence-corrected chi connectivity index (χ2v) is 16.0. The van der Waals surface area contributed by atoms with Gasteiger partial charge in [0.15, 0.2) is 5.75 Å². The average Bonchev–Trinajstić information content (AvgIpc) is 3.69. The third-order valence-corrected chi connectivity index (χ3v) is 13.7. The lowest BCUT2D eigenvalue weighted by Crippen LogP contribution is -2.54. The second-order valence-electron chi connectivity index (χ2n) is 16.0. The Bertz CT molecular complexity index is 2380. The van der Waals surface area contributed by atoms with Gasteiger partial charge in [-0.25, -0.2) is 0 Å². The monoisotopic (exact) mass is 690 g/mol. The van der Waals surface area contributed by atoms with Crippen LogP contribution in [0.3, 0.4) is 0 Å². The lowest BCUT2D eigenvalue weighted by atomic mass is 9.59. The number of allylic oxidation sites excluding steroid dienone is 8. The van der Waals surface area contributed by atoms with Crippen LogP contribution in [0, 0.1) is 11.8 Å². The van der Waals surface area contributed by atoms with Gasteiger partial charge in [0.05, 0.1) is 28.8 Å². The summed E-state index contributed by atoms with van der Waals surface area (Å²) in [6.07, 6.45) is 29.1. The molecule has 0 amide bonds. The zero-order valence-corrected chi connectivity index (χ0v) is 29.7. The summed E-state index contributed by atoms with van der Waals surface area (Å²) in [5, 5.41) is 0. The van der Waals surface area contributed by atoms with Gasteiger partial charge in [-0.3, -0.25) is 0 Å². The molecule has 0 N–H and O–H groups in total. The first-order valence-corrected chi connectivity index (χ1v) is 19.7. The molecule has 4 heteroatoms. The minimum absolute atomic E-state index is 0.000569. The maximum atomic E-state index is 6.60. The number of rotatable bonds is 2. The van der Waals surface area contributed by atoms with E-state index in [9.17, 15) is 0 Å². The number of benzene rings is 4. The summed E-state index contributed by atoms with van der Waals surface area (Å²) in [5.41, 5.74) is 10.8. The van der Waals surface area contributed by atoms with Crippen LogP contribution in [-0.2, 0) is 5.41 Å². The zero-order chi connectivity index (χ0) is 34.7. The lowest BCUT2D eigenvalue weighted by Gasteiger charge is -2.50. The molecule has 0 saturated carbocycles. The Hall–Kier alpha value is -5.48. The van der Waals surface area contributed by atoms with Gasteiger partial charge in [-0.2, -0.15) is 0 Å². The predicted molar refractivity (Wildman–Crippen MR) is 212 cm³/mol. The highest BCUT2D eigenvalue weighted by molar-refractivity contribution is 5.82. The van der Waals surface area contributed by atoms with E-state index in [1.807, 2.05) is 0 Å². The van der Waals surface area contributed by atoms with Crippen LogP contribution in [0.2, 0.25) is 0 Å². The maximum Gasteiger partial charge on any atom is 0.151 e. The molecule has 0 radical (unpaired) electrons. The first kappa shape index (κ1) is 30.0. The van der Waals surface area contributed by atoms with E-state index in [-0.39, 0.29) is 23.6 Å². The quantitative estimate of drug-likeness (QED) is 0.196. The Balaban J connectivity index is 1.06. The lowest BCUT2D eigenvalue weighted by molar-refractivity contribution is 0.190. The van der Waals surface area contributed by atoms with E-state index in [4.69, 9.17) is 9.47 Å². The van der Waals surface area contributed by atoms with E-state index < -0.39 is 0 Å². The molecule has 53 heavy (non-hydrogen) atoms. The molecule has 4 nitrogen and oxygen atoms in total. The van der Waals surface area contributed by atoms with Crippen molar-refractivity contribution in [3.05, 3.63) is 185 Å². The van der Waals surface area contributed by atoms with Crippen molar-refractivity contribution in [1.29, 1.82) is 0 Å². The number of anilines is 3. The Morgan fingerprint density at radius 2 is 1.49 bits per heavy atom. The number of hydrogen-bond acceptors (Lipinski definition) is 4. The fraction of sp³-hybridized carbons (Fsp3) is 0.265. The number of fused-ring (bicyclic) bond motifs is 13. The summed E-state index contributed by atoms with van der Waals surface area (Å²) >= 11 is 0. The molecule has 0 saturated heterocycles. The topological polar surface area (TPSA) is 24.9 Å². The molecule has 8 atom stereocenters. The summed E-state index contributed by atoms with van der Waals surface area (Å²) in [5.74, 6) is 4.59. The molecular formula is C49H42N2O2. The summed E-state index contributed by atoms with van der Waals surface area (Å²) < 4.78 is 13.2. The molecule has 4 aromatic rings. The first-order valence-electron chi connectivity index (χ1n) is 19.7. The van der Waals surface area contributed by atoms with Gasteiger partial charge in [0.2, 0.25) is 0 Å². The summed E-state index contributed by atoms with van der Waals surface area (Å²) in [7, 11) is 0. The Labute approximate surface area is 311 Å². The Morgan fingerprint density at radius 3 is 2.45 bits per heavy atom. The van der Waals surface area contributed by atoms with Gasteiger partial charge >= 0.3 is 0 Å². The summed E-state index contributed by atoms with van der Waals surface area (Å²) in [6.45, 7) is 0. The Morgan fingerprint density at radius 1 is 0.679 bits per heavy atom. The molecule has 4 aromatic carbocycles. The van der Waals surface area contributed by atoms with Gasteiger partial charge in [-0.1, -0.05) is 109 Å². The molecule has 8 aliphatic rings. The highest BCUT2D eigenvalue weighted by Gasteiger charge is 2.63. The largest absolute Gasteiger partial charge is 0.482 e. The van der Waals surface area contributed by atoms with E-state index in [0.717, 1.165) is 55.0 Å². The molecule has 2 aliphatic heterocycles. The van der Waals surface area contributed by atoms with Crippen molar-refractivity contribution in [2.75, 3.05) is 9.80 Å². The normalized spacial score (nSPS) is 31.8. The number of ether oxygens (including phenoxy) is 2. The van der Waals surface area contributed by atoms with Crippen LogP contribution >= 0.6 is 0 Å². The van der Waals surface area contributed by atoms with Crippen LogP contribution in [0.5, 0.6) is 11.5 Å². The van der Waals surface area contributed by atoms with E-state index in [2.05, 4.69) is 162 Å². The number of hydrogen-bond donors (Lipinski definition) is 0. The van der Waals surface area contributed by atoms with E-state index >= 15 is 0 Å². The smallest absolute Gasteiger partial charge is 0.151 e. The molecule has 8 unspecified atom stereocenters. The summed E-state index contributed by atoms with van der Waals surface area (Å²) in [4.78, 5) is 5.23. The molecule has 2 heterocycles. The number of nitrogens with zero attached hydrogens (tertiary/aromatic N) is 2. The maximum absolute atomic E-state index is 6.60. The van der Waals surface area contributed by atoms with Crippen molar-refractivity contribution < 1.29 is 9.47 Å².